The molecule has 2 atom stereocenters. The first-order valence-corrected chi connectivity index (χ1v) is 11.2. The second-order valence-electron chi connectivity index (χ2n) is 9.11. The van der Waals surface area contributed by atoms with E-state index >= 15 is 0 Å². The standard InChI is InChI=1S/C28H33NO3/c1-19-10-12-21(13-11-19)17-29-23-14-15-25-24(16-23)26(30-5)27(28(3,4)32-25)31-18-22-9-7-6-8-20(22)2/h6-16,26-27,29H,17-18H2,1-5H3. The minimum Gasteiger partial charge on any atom is -0.485 e. The van der Waals surface area contributed by atoms with E-state index in [0.717, 1.165) is 23.5 Å². The lowest BCUT2D eigenvalue weighted by atomic mass is 9.87. The predicted molar refractivity (Wildman–Crippen MR) is 129 cm³/mol. The molecule has 3 aromatic rings. The highest BCUT2D eigenvalue weighted by atomic mass is 16.6. The third-order valence-corrected chi connectivity index (χ3v) is 6.20. The maximum absolute atomic E-state index is 6.44. The van der Waals surface area contributed by atoms with Crippen LogP contribution in [0.5, 0.6) is 5.75 Å². The van der Waals surface area contributed by atoms with Crippen molar-refractivity contribution in [2.75, 3.05) is 12.4 Å². The van der Waals surface area contributed by atoms with Crippen molar-refractivity contribution < 1.29 is 14.2 Å². The van der Waals surface area contributed by atoms with Gasteiger partial charge in [0.15, 0.2) is 0 Å². The van der Waals surface area contributed by atoms with Crippen LogP contribution in [0.2, 0.25) is 0 Å². The molecule has 168 valence electrons. The van der Waals surface area contributed by atoms with Gasteiger partial charge >= 0.3 is 0 Å². The first kappa shape index (κ1) is 22.4. The number of hydrogen-bond donors (Lipinski definition) is 1. The first-order chi connectivity index (χ1) is 15.4. The van der Waals surface area contributed by atoms with Crippen molar-refractivity contribution in [2.45, 2.75) is 58.7 Å². The molecule has 4 nitrogen and oxygen atoms in total. The van der Waals surface area contributed by atoms with E-state index in [-0.39, 0.29) is 12.2 Å². The molecule has 1 aliphatic rings. The number of hydrogen-bond acceptors (Lipinski definition) is 4. The zero-order valence-corrected chi connectivity index (χ0v) is 19.6. The summed E-state index contributed by atoms with van der Waals surface area (Å²) in [6, 6.07) is 23.1. The van der Waals surface area contributed by atoms with Crippen LogP contribution in [0.1, 0.15) is 47.8 Å². The monoisotopic (exact) mass is 431 g/mol. The highest BCUT2D eigenvalue weighted by molar-refractivity contribution is 5.54. The topological polar surface area (TPSA) is 39.7 Å². The third-order valence-electron chi connectivity index (χ3n) is 6.20. The van der Waals surface area contributed by atoms with Crippen LogP contribution < -0.4 is 10.1 Å². The molecule has 2 unspecified atom stereocenters. The lowest BCUT2D eigenvalue weighted by Gasteiger charge is -2.44. The maximum Gasteiger partial charge on any atom is 0.132 e. The van der Waals surface area contributed by atoms with Gasteiger partial charge in [-0.3, -0.25) is 0 Å². The van der Waals surface area contributed by atoms with Gasteiger partial charge in [0, 0.05) is 24.9 Å². The lowest BCUT2D eigenvalue weighted by molar-refractivity contribution is -0.159. The molecule has 0 saturated carbocycles. The van der Waals surface area contributed by atoms with Gasteiger partial charge in [-0.25, -0.2) is 0 Å². The van der Waals surface area contributed by atoms with Gasteiger partial charge in [-0.05, 0) is 62.6 Å². The number of rotatable bonds is 7. The normalized spacial score (nSPS) is 19.2. The number of ether oxygens (including phenoxy) is 3. The van der Waals surface area contributed by atoms with E-state index in [1.54, 1.807) is 7.11 Å². The highest BCUT2D eigenvalue weighted by Gasteiger charge is 2.45. The highest BCUT2D eigenvalue weighted by Crippen LogP contribution is 2.44. The Labute approximate surface area is 191 Å². The van der Waals surface area contributed by atoms with Crippen molar-refractivity contribution in [1.29, 1.82) is 0 Å². The largest absolute Gasteiger partial charge is 0.485 e. The Morgan fingerprint density at radius 3 is 2.44 bits per heavy atom. The van der Waals surface area contributed by atoms with Crippen LogP contribution in [-0.4, -0.2) is 18.8 Å². The van der Waals surface area contributed by atoms with Crippen LogP contribution in [0.15, 0.2) is 66.7 Å². The number of fused-ring (bicyclic) bond motifs is 1. The Hall–Kier alpha value is -2.82. The van der Waals surface area contributed by atoms with Gasteiger partial charge in [-0.1, -0.05) is 54.1 Å². The molecular weight excluding hydrogens is 398 g/mol. The molecule has 4 rings (SSSR count). The lowest BCUT2D eigenvalue weighted by Crippen LogP contribution is -2.50. The van der Waals surface area contributed by atoms with Crippen molar-refractivity contribution in [1.82, 2.24) is 0 Å². The average molecular weight is 432 g/mol. The van der Waals surface area contributed by atoms with E-state index in [4.69, 9.17) is 14.2 Å². The third kappa shape index (κ3) is 4.82. The Morgan fingerprint density at radius 2 is 1.72 bits per heavy atom. The van der Waals surface area contributed by atoms with Crippen molar-refractivity contribution in [3.63, 3.8) is 0 Å². The molecule has 0 saturated heterocycles. The van der Waals surface area contributed by atoms with Gasteiger partial charge in [0.25, 0.3) is 0 Å². The van der Waals surface area contributed by atoms with Gasteiger partial charge in [0.2, 0.25) is 0 Å². The van der Waals surface area contributed by atoms with E-state index < -0.39 is 5.60 Å². The second kappa shape index (κ2) is 9.35. The van der Waals surface area contributed by atoms with Gasteiger partial charge in [-0.15, -0.1) is 0 Å². The Kier molecular flexibility index (Phi) is 6.54. The van der Waals surface area contributed by atoms with Crippen molar-refractivity contribution >= 4 is 5.69 Å². The summed E-state index contributed by atoms with van der Waals surface area (Å²) in [5.74, 6) is 0.846. The van der Waals surface area contributed by atoms with Crippen molar-refractivity contribution in [3.8, 4) is 5.75 Å². The predicted octanol–water partition coefficient (Wildman–Crippen LogP) is 6.36. The molecule has 4 heteroatoms. The number of anilines is 1. The van der Waals surface area contributed by atoms with E-state index in [1.807, 2.05) is 18.2 Å². The number of benzene rings is 3. The van der Waals surface area contributed by atoms with Gasteiger partial charge in [-0.2, -0.15) is 0 Å². The van der Waals surface area contributed by atoms with Crippen LogP contribution in [0.25, 0.3) is 0 Å². The molecule has 0 aromatic heterocycles. The molecule has 0 bridgehead atoms. The smallest absolute Gasteiger partial charge is 0.132 e. The molecule has 0 aliphatic carbocycles. The second-order valence-corrected chi connectivity index (χ2v) is 9.11. The zero-order chi connectivity index (χ0) is 22.7. The Morgan fingerprint density at radius 1 is 0.969 bits per heavy atom. The summed E-state index contributed by atoms with van der Waals surface area (Å²) >= 11 is 0. The van der Waals surface area contributed by atoms with E-state index in [9.17, 15) is 0 Å². The fourth-order valence-electron chi connectivity index (χ4n) is 4.24. The zero-order valence-electron chi connectivity index (χ0n) is 19.6. The molecule has 0 spiro atoms. The number of aryl methyl sites for hydroxylation is 2. The fourth-order valence-corrected chi connectivity index (χ4v) is 4.24. The van der Waals surface area contributed by atoms with Crippen LogP contribution in [0.3, 0.4) is 0 Å². The SMILES string of the molecule is COC1c2cc(NCc3ccc(C)cc3)ccc2OC(C)(C)C1OCc1ccccc1C. The molecule has 0 fully saturated rings. The van der Waals surface area contributed by atoms with Gasteiger partial charge in [0.1, 0.15) is 23.6 Å². The Bertz CT molecular complexity index is 1060. The van der Waals surface area contributed by atoms with Crippen molar-refractivity contribution in [2.24, 2.45) is 0 Å². The van der Waals surface area contributed by atoms with E-state index in [0.29, 0.717) is 6.61 Å². The maximum atomic E-state index is 6.44. The van der Waals surface area contributed by atoms with Crippen LogP contribution in [-0.2, 0) is 22.6 Å². The molecule has 1 heterocycles. The summed E-state index contributed by atoms with van der Waals surface area (Å²) in [7, 11) is 1.74. The van der Waals surface area contributed by atoms with Gasteiger partial charge < -0.3 is 19.5 Å². The van der Waals surface area contributed by atoms with E-state index in [1.165, 1.54) is 22.3 Å². The van der Waals surface area contributed by atoms with Crippen LogP contribution in [0.4, 0.5) is 5.69 Å². The summed E-state index contributed by atoms with van der Waals surface area (Å²) in [6.45, 7) is 9.62. The molecule has 1 aliphatic heterocycles. The van der Waals surface area contributed by atoms with Crippen LogP contribution in [0, 0.1) is 13.8 Å². The van der Waals surface area contributed by atoms with E-state index in [2.05, 4.69) is 81.5 Å². The first-order valence-electron chi connectivity index (χ1n) is 11.2. The molecule has 0 radical (unpaired) electrons. The molecular formula is C28H33NO3. The van der Waals surface area contributed by atoms with Crippen LogP contribution >= 0.6 is 0 Å². The van der Waals surface area contributed by atoms with Crippen molar-refractivity contribution in [3.05, 3.63) is 94.5 Å². The summed E-state index contributed by atoms with van der Waals surface area (Å²) in [5.41, 5.74) is 6.43. The summed E-state index contributed by atoms with van der Waals surface area (Å²) in [5, 5.41) is 3.52. The molecule has 3 aromatic carbocycles. The minimum absolute atomic E-state index is 0.223. The fraction of sp³-hybridized carbons (Fsp3) is 0.357. The Balaban J connectivity index is 1.54. The average Bonchev–Trinajstić information content (AvgIpc) is 2.77. The molecule has 32 heavy (non-hydrogen) atoms. The molecule has 1 N–H and O–H groups in total. The quantitative estimate of drug-likeness (QED) is 0.472. The number of methoxy groups -OCH3 is 1. The van der Waals surface area contributed by atoms with Gasteiger partial charge in [0.05, 0.1) is 6.61 Å². The summed E-state index contributed by atoms with van der Waals surface area (Å²) in [4.78, 5) is 0. The molecule has 0 amide bonds. The minimum atomic E-state index is -0.521. The summed E-state index contributed by atoms with van der Waals surface area (Å²) in [6.07, 6.45) is -0.467. The summed E-state index contributed by atoms with van der Waals surface area (Å²) < 4.78 is 18.8. The number of nitrogens with one attached hydrogen (secondary N) is 1.